The van der Waals surface area contributed by atoms with E-state index >= 15 is 0 Å². The lowest BCUT2D eigenvalue weighted by atomic mass is 10.2. The zero-order valence-corrected chi connectivity index (χ0v) is 19.0. The molecule has 0 spiro atoms. The molecule has 0 saturated carbocycles. The Morgan fingerprint density at radius 3 is 2.53 bits per heavy atom. The molecule has 32 heavy (non-hydrogen) atoms. The highest BCUT2D eigenvalue weighted by atomic mass is 79.9. The summed E-state index contributed by atoms with van der Waals surface area (Å²) in [6, 6.07) is 21.6. The number of carbonyl (C=O) groups is 1. The maximum absolute atomic E-state index is 12.5. The van der Waals surface area contributed by atoms with E-state index < -0.39 is 0 Å². The Morgan fingerprint density at radius 1 is 0.969 bits per heavy atom. The van der Waals surface area contributed by atoms with Crippen molar-refractivity contribution in [3.05, 3.63) is 88.8 Å². The normalized spacial score (nSPS) is 14.0. The van der Waals surface area contributed by atoms with Crippen LogP contribution in [0.15, 0.2) is 81.9 Å². The van der Waals surface area contributed by atoms with E-state index in [9.17, 15) is 4.79 Å². The lowest BCUT2D eigenvalue weighted by molar-refractivity contribution is 0.0714. The minimum Gasteiger partial charge on any atom is -0.487 e. The Bertz CT molecular complexity index is 1220. The molecule has 5 rings (SSSR count). The van der Waals surface area contributed by atoms with Gasteiger partial charge < -0.3 is 19.0 Å². The Balaban J connectivity index is 1.30. The summed E-state index contributed by atoms with van der Waals surface area (Å²) < 4.78 is 12.4. The molecule has 0 radical (unpaired) electrons. The van der Waals surface area contributed by atoms with Crippen molar-refractivity contribution in [1.29, 1.82) is 0 Å². The predicted molar refractivity (Wildman–Crippen MR) is 127 cm³/mol. The quantitative estimate of drug-likeness (QED) is 0.387. The first kappa shape index (κ1) is 20.6. The Morgan fingerprint density at radius 2 is 1.78 bits per heavy atom. The molecule has 6 nitrogen and oxygen atoms in total. The van der Waals surface area contributed by atoms with Crippen LogP contribution < -0.4 is 9.64 Å². The van der Waals surface area contributed by atoms with Crippen molar-refractivity contribution in [2.75, 3.05) is 31.1 Å². The number of aromatic nitrogens is 1. The number of fused-ring (bicyclic) bond motifs is 1. The van der Waals surface area contributed by atoms with Gasteiger partial charge in [-0.3, -0.25) is 4.79 Å². The molecule has 3 heterocycles. The molecule has 1 saturated heterocycles. The second-order valence-corrected chi connectivity index (χ2v) is 8.58. The van der Waals surface area contributed by atoms with E-state index in [0.717, 1.165) is 32.5 Å². The van der Waals surface area contributed by atoms with E-state index in [2.05, 4.69) is 26.9 Å². The first-order valence-corrected chi connectivity index (χ1v) is 11.3. The van der Waals surface area contributed by atoms with Crippen LogP contribution >= 0.6 is 15.9 Å². The fraction of sp³-hybridized carbons (Fsp3) is 0.200. The van der Waals surface area contributed by atoms with E-state index in [1.54, 1.807) is 12.1 Å². The SMILES string of the molecule is O=C(c1ccco1)N1CCN(c2ccc3cccc(OCc4ccc(Br)cc4)c3n2)CC1. The van der Waals surface area contributed by atoms with Crippen molar-refractivity contribution in [1.82, 2.24) is 9.88 Å². The van der Waals surface area contributed by atoms with Crippen LogP contribution in [0, 0.1) is 0 Å². The number of hydrogen-bond donors (Lipinski definition) is 0. The van der Waals surface area contributed by atoms with Gasteiger partial charge in [-0.1, -0.05) is 40.2 Å². The molecule has 0 atom stereocenters. The largest absolute Gasteiger partial charge is 0.487 e. The highest BCUT2D eigenvalue weighted by molar-refractivity contribution is 9.10. The number of ether oxygens (including phenoxy) is 1. The molecule has 2 aromatic carbocycles. The smallest absolute Gasteiger partial charge is 0.289 e. The second-order valence-electron chi connectivity index (χ2n) is 7.67. The number of anilines is 1. The molecule has 0 unspecified atom stereocenters. The van der Waals surface area contributed by atoms with Crippen molar-refractivity contribution >= 4 is 38.6 Å². The number of pyridine rings is 1. The number of piperazine rings is 1. The molecule has 0 aliphatic carbocycles. The Hall–Kier alpha value is -3.32. The number of nitrogens with zero attached hydrogens (tertiary/aromatic N) is 3. The first-order valence-electron chi connectivity index (χ1n) is 10.5. The van der Waals surface area contributed by atoms with E-state index in [-0.39, 0.29) is 5.91 Å². The van der Waals surface area contributed by atoms with Gasteiger partial charge in [0.15, 0.2) is 5.76 Å². The average molecular weight is 492 g/mol. The third kappa shape index (κ3) is 4.34. The summed E-state index contributed by atoms with van der Waals surface area (Å²) in [4.78, 5) is 21.5. The lowest BCUT2D eigenvalue weighted by Crippen LogP contribution is -2.49. The van der Waals surface area contributed by atoms with Crippen LogP contribution in [0.5, 0.6) is 5.75 Å². The summed E-state index contributed by atoms with van der Waals surface area (Å²) in [6.45, 7) is 3.16. The van der Waals surface area contributed by atoms with Gasteiger partial charge in [-0.25, -0.2) is 4.98 Å². The van der Waals surface area contributed by atoms with Crippen molar-refractivity contribution in [3.8, 4) is 5.75 Å². The van der Waals surface area contributed by atoms with Crippen LogP contribution in [0.3, 0.4) is 0 Å². The summed E-state index contributed by atoms with van der Waals surface area (Å²) in [5, 5.41) is 1.04. The topological polar surface area (TPSA) is 58.8 Å². The van der Waals surface area contributed by atoms with Crippen molar-refractivity contribution in [2.24, 2.45) is 0 Å². The molecule has 2 aromatic heterocycles. The maximum atomic E-state index is 12.5. The number of benzene rings is 2. The molecule has 1 fully saturated rings. The molecule has 162 valence electrons. The summed E-state index contributed by atoms with van der Waals surface area (Å²) >= 11 is 3.46. The minimum atomic E-state index is -0.0650. The van der Waals surface area contributed by atoms with Gasteiger partial charge >= 0.3 is 0 Å². The van der Waals surface area contributed by atoms with E-state index in [0.29, 0.717) is 38.5 Å². The Labute approximate surface area is 194 Å². The second kappa shape index (κ2) is 9.04. The van der Waals surface area contributed by atoms with E-state index in [4.69, 9.17) is 14.1 Å². The average Bonchev–Trinajstić information content (AvgIpc) is 3.38. The zero-order valence-electron chi connectivity index (χ0n) is 17.4. The van der Waals surface area contributed by atoms with Gasteiger partial charge in [0.2, 0.25) is 0 Å². The fourth-order valence-electron chi connectivity index (χ4n) is 3.84. The van der Waals surface area contributed by atoms with Crippen LogP contribution in [0.25, 0.3) is 10.9 Å². The number of para-hydroxylation sites is 1. The summed E-state index contributed by atoms with van der Waals surface area (Å²) in [7, 11) is 0. The van der Waals surface area contributed by atoms with Gasteiger partial charge in [-0.2, -0.15) is 0 Å². The number of carbonyl (C=O) groups excluding carboxylic acids is 1. The molecule has 1 amide bonds. The number of hydrogen-bond acceptors (Lipinski definition) is 5. The van der Waals surface area contributed by atoms with Gasteiger partial charge in [0.05, 0.1) is 6.26 Å². The number of halogens is 1. The zero-order chi connectivity index (χ0) is 21.9. The molecule has 0 bridgehead atoms. The van der Waals surface area contributed by atoms with Crippen molar-refractivity contribution in [2.45, 2.75) is 6.61 Å². The van der Waals surface area contributed by atoms with Crippen LogP contribution in [-0.2, 0) is 6.61 Å². The van der Waals surface area contributed by atoms with Crippen LogP contribution in [0.4, 0.5) is 5.82 Å². The van der Waals surface area contributed by atoms with Gasteiger partial charge in [0.25, 0.3) is 5.91 Å². The van der Waals surface area contributed by atoms with Gasteiger partial charge in [-0.15, -0.1) is 0 Å². The molecule has 7 heteroatoms. The molecular weight excluding hydrogens is 470 g/mol. The van der Waals surface area contributed by atoms with Crippen molar-refractivity contribution in [3.63, 3.8) is 0 Å². The predicted octanol–water partition coefficient (Wildman–Crippen LogP) is 5.13. The van der Waals surface area contributed by atoms with Crippen LogP contribution in [-0.4, -0.2) is 42.0 Å². The molecule has 4 aromatic rings. The van der Waals surface area contributed by atoms with Gasteiger partial charge in [0.1, 0.15) is 23.7 Å². The van der Waals surface area contributed by atoms with Crippen molar-refractivity contribution < 1.29 is 13.9 Å². The highest BCUT2D eigenvalue weighted by Gasteiger charge is 2.24. The van der Waals surface area contributed by atoms with E-state index in [1.165, 1.54) is 6.26 Å². The lowest BCUT2D eigenvalue weighted by Gasteiger charge is -2.35. The van der Waals surface area contributed by atoms with Crippen LogP contribution in [0.1, 0.15) is 16.1 Å². The molecule has 1 aliphatic rings. The van der Waals surface area contributed by atoms with Gasteiger partial charge in [0, 0.05) is 36.0 Å². The number of furan rings is 1. The number of rotatable bonds is 5. The summed E-state index contributed by atoms with van der Waals surface area (Å²) in [5.41, 5.74) is 1.94. The summed E-state index contributed by atoms with van der Waals surface area (Å²) in [6.07, 6.45) is 1.53. The standard InChI is InChI=1S/C25H22BrN3O3/c26-20-9-6-18(7-10-20)17-32-21-4-1-3-19-8-11-23(27-24(19)21)28-12-14-29(15-13-28)25(30)22-5-2-16-31-22/h1-11,16H,12-15,17H2. The Kier molecular flexibility index (Phi) is 5.81. The molecule has 0 N–H and O–H groups in total. The maximum Gasteiger partial charge on any atom is 0.289 e. The first-order chi connectivity index (χ1) is 15.7. The molecular formula is C25H22BrN3O3. The van der Waals surface area contributed by atoms with Crippen LogP contribution in [0.2, 0.25) is 0 Å². The third-order valence-corrected chi connectivity index (χ3v) is 6.13. The highest BCUT2D eigenvalue weighted by Crippen LogP contribution is 2.28. The monoisotopic (exact) mass is 491 g/mol. The number of amides is 1. The van der Waals surface area contributed by atoms with Gasteiger partial charge in [-0.05, 0) is 48.0 Å². The molecule has 1 aliphatic heterocycles. The fourth-order valence-corrected chi connectivity index (χ4v) is 4.10. The summed E-state index contributed by atoms with van der Waals surface area (Å²) in [5.74, 6) is 1.97. The van der Waals surface area contributed by atoms with E-state index in [1.807, 2.05) is 53.4 Å². The minimum absolute atomic E-state index is 0.0650. The third-order valence-electron chi connectivity index (χ3n) is 5.60.